The van der Waals surface area contributed by atoms with Gasteiger partial charge in [-0.05, 0) is 38.7 Å². The van der Waals surface area contributed by atoms with Gasteiger partial charge in [0.05, 0.1) is 17.2 Å². The monoisotopic (exact) mass is 287 g/mol. The molecule has 2 heterocycles. The van der Waals surface area contributed by atoms with Gasteiger partial charge < -0.3 is 10.3 Å². The molecule has 1 aliphatic carbocycles. The summed E-state index contributed by atoms with van der Waals surface area (Å²) >= 11 is 0. The summed E-state index contributed by atoms with van der Waals surface area (Å²) in [6.07, 6.45) is 4.52. The van der Waals surface area contributed by atoms with Crippen molar-refractivity contribution in [2.75, 3.05) is 5.32 Å². The van der Waals surface area contributed by atoms with Gasteiger partial charge in [-0.3, -0.25) is 10.1 Å². The number of H-pyrrole nitrogens is 1. The molecule has 0 aromatic carbocycles. The van der Waals surface area contributed by atoms with Crippen LogP contribution in [0.15, 0.2) is 12.1 Å². The number of imidazole rings is 1. The zero-order valence-electron chi connectivity index (χ0n) is 11.8. The molecule has 0 unspecified atom stereocenters. The molecule has 1 aliphatic rings. The second kappa shape index (κ2) is 5.51. The molecule has 7 nitrogen and oxygen atoms in total. The van der Waals surface area contributed by atoms with E-state index in [1.807, 2.05) is 0 Å². The Morgan fingerprint density at radius 3 is 2.86 bits per heavy atom. The Hall–Kier alpha value is -2.44. The third kappa shape index (κ3) is 2.86. The summed E-state index contributed by atoms with van der Waals surface area (Å²) in [5, 5.41) is 13.9. The lowest BCUT2D eigenvalue weighted by atomic mass is 10.0. The molecule has 2 N–H and O–H groups in total. The molecule has 7 heteroatoms. The van der Waals surface area contributed by atoms with Gasteiger partial charge >= 0.3 is 0 Å². The zero-order valence-corrected chi connectivity index (χ0v) is 11.8. The molecule has 0 atom stereocenters. The number of fused-ring (bicyclic) bond motifs is 1. The summed E-state index contributed by atoms with van der Waals surface area (Å²) in [5.74, 6) is 1.51. The molecule has 0 bridgehead atoms. The molecule has 2 aromatic heterocycles. The average Bonchev–Trinajstić information content (AvgIpc) is 2.87. The highest BCUT2D eigenvalue weighted by Gasteiger charge is 2.15. The van der Waals surface area contributed by atoms with Crippen molar-refractivity contribution in [3.8, 4) is 0 Å². The van der Waals surface area contributed by atoms with Crippen LogP contribution in [0.2, 0.25) is 0 Å². The van der Waals surface area contributed by atoms with Gasteiger partial charge in [0.2, 0.25) is 0 Å². The molecule has 2 aromatic rings. The molecule has 0 aliphatic heterocycles. The number of hydrogen-bond donors (Lipinski definition) is 2. The van der Waals surface area contributed by atoms with Gasteiger partial charge in [0.25, 0.3) is 5.69 Å². The number of nitrogens with zero attached hydrogens (tertiary/aromatic N) is 3. The van der Waals surface area contributed by atoms with Crippen molar-refractivity contribution in [1.29, 1.82) is 0 Å². The second-order valence-corrected chi connectivity index (χ2v) is 5.23. The number of nitrogens with one attached hydrogen (secondary N) is 2. The van der Waals surface area contributed by atoms with Crippen LogP contribution >= 0.6 is 0 Å². The predicted molar refractivity (Wildman–Crippen MR) is 78.2 cm³/mol. The predicted octanol–water partition coefficient (Wildman–Crippen LogP) is 2.51. The highest BCUT2D eigenvalue weighted by atomic mass is 16.6. The fourth-order valence-corrected chi connectivity index (χ4v) is 2.62. The molecule has 3 rings (SSSR count). The van der Waals surface area contributed by atoms with Crippen molar-refractivity contribution in [2.45, 2.75) is 39.2 Å². The third-order valence-electron chi connectivity index (χ3n) is 3.70. The summed E-state index contributed by atoms with van der Waals surface area (Å²) in [6.45, 7) is 2.17. The van der Waals surface area contributed by atoms with E-state index >= 15 is 0 Å². The summed E-state index contributed by atoms with van der Waals surface area (Å²) in [6, 6.07) is 3.09. The Morgan fingerprint density at radius 1 is 1.33 bits per heavy atom. The van der Waals surface area contributed by atoms with Crippen LogP contribution in [0.3, 0.4) is 0 Å². The van der Waals surface area contributed by atoms with E-state index in [9.17, 15) is 10.1 Å². The normalized spacial score (nSPS) is 13.8. The van der Waals surface area contributed by atoms with E-state index in [1.165, 1.54) is 30.3 Å². The fourth-order valence-electron chi connectivity index (χ4n) is 2.62. The van der Waals surface area contributed by atoms with Crippen molar-refractivity contribution in [3.63, 3.8) is 0 Å². The minimum atomic E-state index is -0.424. The molecule has 0 fully saturated rings. The van der Waals surface area contributed by atoms with Crippen LogP contribution in [0.25, 0.3) is 0 Å². The topological polar surface area (TPSA) is 96.7 Å². The number of aryl methyl sites for hydroxylation is 3. The maximum atomic E-state index is 10.8. The number of rotatable bonds is 4. The van der Waals surface area contributed by atoms with E-state index in [-0.39, 0.29) is 5.69 Å². The van der Waals surface area contributed by atoms with Gasteiger partial charge in [0.1, 0.15) is 17.3 Å². The van der Waals surface area contributed by atoms with Gasteiger partial charge in [-0.2, -0.15) is 0 Å². The minimum absolute atomic E-state index is 0.0361. The Bertz CT molecular complexity index is 656. The molecular weight excluding hydrogens is 270 g/mol. The fraction of sp³-hybridized carbons (Fsp3) is 0.429. The third-order valence-corrected chi connectivity index (χ3v) is 3.70. The number of aromatic amines is 1. The van der Waals surface area contributed by atoms with Crippen molar-refractivity contribution in [2.24, 2.45) is 0 Å². The molecule has 0 amide bonds. The SMILES string of the molecule is Cc1nc(NCc2nc3c([nH]2)CCCC3)ccc1[N+](=O)[O-]. The van der Waals surface area contributed by atoms with Crippen molar-refractivity contribution in [3.05, 3.63) is 45.2 Å². The van der Waals surface area contributed by atoms with E-state index < -0.39 is 4.92 Å². The first-order valence-electron chi connectivity index (χ1n) is 7.06. The van der Waals surface area contributed by atoms with E-state index in [0.29, 0.717) is 18.1 Å². The van der Waals surface area contributed by atoms with Gasteiger partial charge in [0, 0.05) is 11.8 Å². The van der Waals surface area contributed by atoms with Crippen molar-refractivity contribution in [1.82, 2.24) is 15.0 Å². The zero-order chi connectivity index (χ0) is 14.8. The standard InChI is InChI=1S/C14H17N5O2/c1-9-12(19(20)21)6-7-13(16-9)15-8-14-17-10-4-2-3-5-11(10)18-14/h6-7H,2-5,8H2,1H3,(H,15,16)(H,17,18). The molecule has 0 spiro atoms. The first kappa shape index (κ1) is 13.5. The molecule has 110 valence electrons. The summed E-state index contributed by atoms with van der Waals surface area (Å²) < 4.78 is 0. The van der Waals surface area contributed by atoms with Crippen LogP contribution in [0, 0.1) is 17.0 Å². The first-order valence-corrected chi connectivity index (χ1v) is 7.06. The number of pyridine rings is 1. The van der Waals surface area contributed by atoms with Gasteiger partial charge in [-0.1, -0.05) is 0 Å². The lowest BCUT2D eigenvalue weighted by Crippen LogP contribution is -2.04. The number of anilines is 1. The maximum absolute atomic E-state index is 10.8. The van der Waals surface area contributed by atoms with E-state index in [0.717, 1.165) is 18.7 Å². The van der Waals surface area contributed by atoms with Crippen LogP contribution in [0.4, 0.5) is 11.5 Å². The van der Waals surface area contributed by atoms with Gasteiger partial charge in [-0.15, -0.1) is 0 Å². The lowest BCUT2D eigenvalue weighted by molar-refractivity contribution is -0.385. The number of aromatic nitrogens is 3. The minimum Gasteiger partial charge on any atom is -0.363 e. The lowest BCUT2D eigenvalue weighted by Gasteiger charge is -2.07. The summed E-state index contributed by atoms with van der Waals surface area (Å²) in [5.41, 5.74) is 2.86. The van der Waals surface area contributed by atoms with E-state index in [2.05, 4.69) is 20.3 Å². The molecule has 0 saturated heterocycles. The quantitative estimate of drug-likeness (QED) is 0.665. The highest BCUT2D eigenvalue weighted by molar-refractivity contribution is 5.44. The average molecular weight is 287 g/mol. The Balaban J connectivity index is 1.68. The van der Waals surface area contributed by atoms with Crippen LogP contribution in [0.1, 0.15) is 35.7 Å². The molecular formula is C14H17N5O2. The van der Waals surface area contributed by atoms with E-state index in [1.54, 1.807) is 13.0 Å². The van der Waals surface area contributed by atoms with Crippen LogP contribution in [-0.2, 0) is 19.4 Å². The van der Waals surface area contributed by atoms with Crippen LogP contribution in [0.5, 0.6) is 0 Å². The first-order chi connectivity index (χ1) is 10.1. The smallest absolute Gasteiger partial charge is 0.290 e. The largest absolute Gasteiger partial charge is 0.363 e. The molecule has 21 heavy (non-hydrogen) atoms. The molecule has 0 saturated carbocycles. The summed E-state index contributed by atoms with van der Waals surface area (Å²) in [7, 11) is 0. The Labute approximate surface area is 122 Å². The Kier molecular flexibility index (Phi) is 3.55. The number of nitro groups is 1. The van der Waals surface area contributed by atoms with Gasteiger partial charge in [-0.25, -0.2) is 9.97 Å². The highest BCUT2D eigenvalue weighted by Crippen LogP contribution is 2.20. The van der Waals surface area contributed by atoms with Crippen LogP contribution in [-0.4, -0.2) is 19.9 Å². The maximum Gasteiger partial charge on any atom is 0.290 e. The van der Waals surface area contributed by atoms with Crippen LogP contribution < -0.4 is 5.32 Å². The molecule has 0 radical (unpaired) electrons. The second-order valence-electron chi connectivity index (χ2n) is 5.23. The summed E-state index contributed by atoms with van der Waals surface area (Å²) in [4.78, 5) is 22.4. The Morgan fingerprint density at radius 2 is 2.14 bits per heavy atom. The van der Waals surface area contributed by atoms with Gasteiger partial charge in [0.15, 0.2) is 0 Å². The van der Waals surface area contributed by atoms with E-state index in [4.69, 9.17) is 0 Å². The van der Waals surface area contributed by atoms with Crippen molar-refractivity contribution < 1.29 is 4.92 Å². The van der Waals surface area contributed by atoms with Crippen molar-refractivity contribution >= 4 is 11.5 Å². The number of hydrogen-bond acceptors (Lipinski definition) is 5.